The van der Waals surface area contributed by atoms with Gasteiger partial charge in [-0.05, 0) is 25.1 Å². The summed E-state index contributed by atoms with van der Waals surface area (Å²) in [6, 6.07) is 3.29. The number of sulfone groups is 1. The summed E-state index contributed by atoms with van der Waals surface area (Å²) in [5.74, 6) is -2.30. The molecule has 6 nitrogen and oxygen atoms in total. The van der Waals surface area contributed by atoms with E-state index >= 15 is 0 Å². The number of ether oxygens (including phenoxy) is 1. The van der Waals surface area contributed by atoms with Crippen molar-refractivity contribution in [2.75, 3.05) is 12.8 Å². The quantitative estimate of drug-likeness (QED) is 0.780. The Morgan fingerprint density at radius 2 is 1.92 bits per heavy atom. The van der Waals surface area contributed by atoms with E-state index in [1.807, 2.05) is 0 Å². The van der Waals surface area contributed by atoms with Crippen LogP contribution < -0.4 is 5.32 Å². The fraction of sp³-hybridized carbons (Fsp3) is 0.385. The third-order valence-corrected chi connectivity index (χ3v) is 4.14. The number of halogens is 4. The molecule has 0 fully saturated rings. The molecule has 0 saturated carbocycles. The molecule has 0 bridgehead atoms. The molecule has 0 spiro atoms. The number of alkyl halides is 3. The van der Waals surface area contributed by atoms with Gasteiger partial charge in [-0.25, -0.2) is 13.2 Å². The lowest BCUT2D eigenvalue weighted by atomic mass is 10.2. The van der Waals surface area contributed by atoms with Crippen molar-refractivity contribution in [1.29, 1.82) is 0 Å². The highest BCUT2D eigenvalue weighted by molar-refractivity contribution is 7.90. The van der Waals surface area contributed by atoms with Crippen molar-refractivity contribution in [1.82, 2.24) is 5.32 Å². The van der Waals surface area contributed by atoms with Crippen LogP contribution in [-0.2, 0) is 19.4 Å². The van der Waals surface area contributed by atoms with Crippen LogP contribution in [0, 0.1) is 0 Å². The zero-order valence-electron chi connectivity index (χ0n) is 12.5. The van der Waals surface area contributed by atoms with Crippen molar-refractivity contribution in [3.8, 4) is 0 Å². The van der Waals surface area contributed by atoms with E-state index in [9.17, 15) is 31.2 Å². The van der Waals surface area contributed by atoms with Gasteiger partial charge in [0.1, 0.15) is 6.54 Å². The summed E-state index contributed by atoms with van der Waals surface area (Å²) < 4.78 is 63.7. The van der Waals surface area contributed by atoms with Gasteiger partial charge < -0.3 is 10.1 Å². The van der Waals surface area contributed by atoms with Crippen LogP contribution in [0.1, 0.15) is 17.3 Å². The lowest BCUT2D eigenvalue weighted by Gasteiger charge is -2.15. The van der Waals surface area contributed by atoms with E-state index in [4.69, 9.17) is 16.3 Å². The van der Waals surface area contributed by atoms with Crippen molar-refractivity contribution in [3.63, 3.8) is 0 Å². The van der Waals surface area contributed by atoms with Crippen LogP contribution in [0.4, 0.5) is 13.2 Å². The Bertz CT molecular complexity index is 748. The summed E-state index contributed by atoms with van der Waals surface area (Å²) >= 11 is 5.78. The maximum Gasteiger partial charge on any atom is 0.405 e. The molecule has 1 aromatic carbocycles. The smallest absolute Gasteiger partial charge is 0.405 e. The molecule has 134 valence electrons. The monoisotopic (exact) mass is 387 g/mol. The number of carbonyl (C=O) groups excluding carboxylic acids is 2. The molecule has 0 saturated heterocycles. The number of rotatable bonds is 5. The highest BCUT2D eigenvalue weighted by atomic mass is 35.5. The van der Waals surface area contributed by atoms with Crippen molar-refractivity contribution in [3.05, 3.63) is 28.8 Å². The Balaban J connectivity index is 2.86. The summed E-state index contributed by atoms with van der Waals surface area (Å²) in [7, 11) is -3.62. The first-order chi connectivity index (χ1) is 10.8. The number of benzene rings is 1. The van der Waals surface area contributed by atoms with Crippen LogP contribution in [0.3, 0.4) is 0 Å². The lowest BCUT2D eigenvalue weighted by Crippen LogP contribution is -2.40. The van der Waals surface area contributed by atoms with Gasteiger partial charge in [-0.15, -0.1) is 0 Å². The summed E-state index contributed by atoms with van der Waals surface area (Å²) in [6.07, 6.45) is -5.22. The largest absolute Gasteiger partial charge is 0.449 e. The second kappa shape index (κ2) is 7.39. The molecule has 1 aromatic rings. The van der Waals surface area contributed by atoms with E-state index in [1.165, 1.54) is 6.07 Å². The first kappa shape index (κ1) is 20.2. The minimum absolute atomic E-state index is 0.129. The van der Waals surface area contributed by atoms with Gasteiger partial charge in [-0.1, -0.05) is 11.6 Å². The maximum absolute atomic E-state index is 12.0. The minimum atomic E-state index is -4.60. The predicted molar refractivity (Wildman–Crippen MR) is 78.5 cm³/mol. The van der Waals surface area contributed by atoms with E-state index < -0.39 is 40.5 Å². The molecule has 1 N–H and O–H groups in total. The van der Waals surface area contributed by atoms with Crippen LogP contribution >= 0.6 is 11.6 Å². The Labute approximate surface area is 140 Å². The highest BCUT2D eigenvalue weighted by Crippen LogP contribution is 2.22. The Kier molecular flexibility index (Phi) is 6.23. The Morgan fingerprint density at radius 1 is 1.33 bits per heavy atom. The second-order valence-electron chi connectivity index (χ2n) is 4.79. The maximum atomic E-state index is 12.0. The zero-order chi connectivity index (χ0) is 18.7. The predicted octanol–water partition coefficient (Wildman–Crippen LogP) is 1.97. The molecule has 0 unspecified atom stereocenters. The second-order valence-corrected chi connectivity index (χ2v) is 7.22. The van der Waals surface area contributed by atoms with Gasteiger partial charge >= 0.3 is 12.1 Å². The van der Waals surface area contributed by atoms with Crippen molar-refractivity contribution >= 4 is 33.3 Å². The number of hydrogen-bond donors (Lipinski definition) is 1. The normalized spacial score (nSPS) is 13.2. The van der Waals surface area contributed by atoms with Gasteiger partial charge in [0.25, 0.3) is 5.91 Å². The van der Waals surface area contributed by atoms with Gasteiger partial charge in [0.15, 0.2) is 15.9 Å². The van der Waals surface area contributed by atoms with Crippen molar-refractivity contribution < 1.29 is 35.9 Å². The summed E-state index contributed by atoms with van der Waals surface area (Å²) in [6.45, 7) is -0.504. The molecule has 1 rings (SSSR count). The average molecular weight is 388 g/mol. The zero-order valence-corrected chi connectivity index (χ0v) is 14.1. The van der Waals surface area contributed by atoms with E-state index in [2.05, 4.69) is 0 Å². The highest BCUT2D eigenvalue weighted by Gasteiger charge is 2.30. The molecule has 0 aliphatic heterocycles. The van der Waals surface area contributed by atoms with E-state index in [0.717, 1.165) is 25.3 Å². The number of amides is 1. The van der Waals surface area contributed by atoms with Gasteiger partial charge in [-0.3, -0.25) is 4.79 Å². The molecule has 0 heterocycles. The van der Waals surface area contributed by atoms with Crippen LogP contribution in [0.15, 0.2) is 23.1 Å². The number of esters is 1. The average Bonchev–Trinajstić information content (AvgIpc) is 2.42. The Morgan fingerprint density at radius 3 is 2.42 bits per heavy atom. The summed E-state index contributed by atoms with van der Waals surface area (Å²) in [4.78, 5) is 23.2. The summed E-state index contributed by atoms with van der Waals surface area (Å²) in [5, 5.41) is 1.43. The standard InChI is InChI=1S/C13H13ClF3NO5S/c1-7(11(19)18-6-13(15,16)17)23-12(20)9-5-8(24(2,21)22)3-4-10(9)14/h3-5,7H,6H2,1-2H3,(H,18,19)/t7-/m0/s1. The fourth-order valence-electron chi connectivity index (χ4n) is 1.50. The van der Waals surface area contributed by atoms with Gasteiger partial charge in [0.05, 0.1) is 15.5 Å². The number of nitrogens with one attached hydrogen (secondary N) is 1. The number of carbonyl (C=O) groups is 2. The van der Waals surface area contributed by atoms with Crippen LogP contribution in [0.5, 0.6) is 0 Å². The molecule has 0 aliphatic carbocycles. The lowest BCUT2D eigenvalue weighted by molar-refractivity contribution is -0.143. The molecule has 1 amide bonds. The molecule has 0 aromatic heterocycles. The fourth-order valence-corrected chi connectivity index (χ4v) is 2.34. The van der Waals surface area contributed by atoms with Gasteiger partial charge in [-0.2, -0.15) is 13.2 Å². The van der Waals surface area contributed by atoms with Crippen molar-refractivity contribution in [2.24, 2.45) is 0 Å². The number of hydrogen-bond acceptors (Lipinski definition) is 5. The summed E-state index contributed by atoms with van der Waals surface area (Å²) in [5.41, 5.74) is -0.324. The topological polar surface area (TPSA) is 89.5 Å². The van der Waals surface area contributed by atoms with Crippen molar-refractivity contribution in [2.45, 2.75) is 24.1 Å². The van der Waals surface area contributed by atoms with E-state index in [1.54, 1.807) is 5.32 Å². The van der Waals surface area contributed by atoms with Gasteiger partial charge in [0, 0.05) is 6.26 Å². The minimum Gasteiger partial charge on any atom is -0.449 e. The third-order valence-electron chi connectivity index (χ3n) is 2.70. The molecule has 1 atom stereocenters. The molecular formula is C13H13ClF3NO5S. The van der Waals surface area contributed by atoms with Crippen LogP contribution in [0.2, 0.25) is 5.02 Å². The molecule has 11 heteroatoms. The van der Waals surface area contributed by atoms with Crippen LogP contribution in [-0.4, -0.2) is 45.4 Å². The Hall–Kier alpha value is -1.81. The van der Waals surface area contributed by atoms with E-state index in [0.29, 0.717) is 0 Å². The first-order valence-corrected chi connectivity index (χ1v) is 8.63. The van der Waals surface area contributed by atoms with E-state index in [-0.39, 0.29) is 15.5 Å². The molecule has 0 radical (unpaired) electrons. The molecular weight excluding hydrogens is 375 g/mol. The third kappa shape index (κ3) is 6.00. The SMILES string of the molecule is C[C@H](OC(=O)c1cc(S(C)(=O)=O)ccc1Cl)C(=O)NCC(F)(F)F. The van der Waals surface area contributed by atoms with Gasteiger partial charge in [0.2, 0.25) is 0 Å². The van der Waals surface area contributed by atoms with Crippen LogP contribution in [0.25, 0.3) is 0 Å². The first-order valence-electron chi connectivity index (χ1n) is 6.36. The molecule has 0 aliphatic rings. The molecule has 24 heavy (non-hydrogen) atoms.